The lowest BCUT2D eigenvalue weighted by Crippen LogP contribution is -2.02. The number of aryl methyl sites for hydroxylation is 1. The van der Waals surface area contributed by atoms with Crippen LogP contribution in [-0.2, 0) is 6.42 Å². The van der Waals surface area contributed by atoms with Gasteiger partial charge in [0.15, 0.2) is 0 Å². The van der Waals surface area contributed by atoms with Crippen molar-refractivity contribution in [2.75, 3.05) is 7.11 Å². The third-order valence-electron chi connectivity index (χ3n) is 2.97. The van der Waals surface area contributed by atoms with Crippen molar-refractivity contribution in [1.29, 1.82) is 0 Å². The quantitative estimate of drug-likeness (QED) is 0.749. The molecule has 2 heterocycles. The van der Waals surface area contributed by atoms with Gasteiger partial charge in [0.1, 0.15) is 17.4 Å². The number of hydrogen-bond acceptors (Lipinski definition) is 3. The van der Waals surface area contributed by atoms with Crippen molar-refractivity contribution in [2.24, 2.45) is 0 Å². The molecule has 1 aromatic carbocycles. The molecule has 4 nitrogen and oxygen atoms in total. The number of hydrogen-bond donors (Lipinski definition) is 0. The first kappa shape index (κ1) is 10.1. The second kappa shape index (κ2) is 3.73. The number of ether oxygens (including phenoxy) is 1. The van der Waals surface area contributed by atoms with Gasteiger partial charge < -0.3 is 4.74 Å². The molecule has 0 N–H and O–H groups in total. The Hall–Kier alpha value is -2.10. The van der Waals surface area contributed by atoms with E-state index in [-0.39, 0.29) is 0 Å². The molecule has 17 heavy (non-hydrogen) atoms. The van der Waals surface area contributed by atoms with Gasteiger partial charge in [0.2, 0.25) is 0 Å². The summed E-state index contributed by atoms with van der Waals surface area (Å²) in [6, 6.07) is 6.03. The molecule has 0 saturated heterocycles. The minimum absolute atomic E-state index is 0.803. The molecule has 0 aliphatic carbocycles. The van der Waals surface area contributed by atoms with Gasteiger partial charge in [-0.05, 0) is 25.1 Å². The van der Waals surface area contributed by atoms with E-state index in [4.69, 9.17) is 4.74 Å². The molecule has 0 atom stereocenters. The van der Waals surface area contributed by atoms with E-state index in [2.05, 4.69) is 26.9 Å². The highest BCUT2D eigenvalue weighted by molar-refractivity contribution is 5.64. The highest BCUT2D eigenvalue weighted by Crippen LogP contribution is 2.26. The average Bonchev–Trinajstić information content (AvgIpc) is 2.61. The summed E-state index contributed by atoms with van der Waals surface area (Å²) in [5, 5.41) is 8.32. The van der Waals surface area contributed by atoms with Gasteiger partial charge in [0.05, 0.1) is 12.8 Å². The largest absolute Gasteiger partial charge is 0.497 e. The maximum Gasteiger partial charge on any atom is 0.141 e. The number of methoxy groups -OCH3 is 1. The van der Waals surface area contributed by atoms with Crippen LogP contribution in [0.15, 0.2) is 24.3 Å². The van der Waals surface area contributed by atoms with Crippen molar-refractivity contribution in [3.8, 4) is 11.4 Å². The maximum atomic E-state index is 5.25. The molecular formula is C13H13N3O. The van der Waals surface area contributed by atoms with Crippen LogP contribution in [0, 0.1) is 6.92 Å². The minimum Gasteiger partial charge on any atom is -0.497 e. The molecule has 3 rings (SSSR count). The molecule has 0 spiro atoms. The molecule has 0 unspecified atom stereocenters. The van der Waals surface area contributed by atoms with Crippen molar-refractivity contribution in [3.05, 3.63) is 41.5 Å². The Labute approximate surface area is 99.6 Å². The summed E-state index contributed by atoms with van der Waals surface area (Å²) in [6.07, 6.45) is 5.01. The first-order valence-corrected chi connectivity index (χ1v) is 5.55. The van der Waals surface area contributed by atoms with E-state index >= 15 is 0 Å². The highest BCUT2D eigenvalue weighted by atomic mass is 16.5. The Kier molecular flexibility index (Phi) is 2.21. The monoisotopic (exact) mass is 227 g/mol. The van der Waals surface area contributed by atoms with E-state index in [0.29, 0.717) is 0 Å². The van der Waals surface area contributed by atoms with E-state index in [1.807, 2.05) is 25.1 Å². The predicted molar refractivity (Wildman–Crippen MR) is 65.4 cm³/mol. The fraction of sp³-hybridized carbons (Fsp3) is 0.231. The topological polar surface area (TPSA) is 39.9 Å². The van der Waals surface area contributed by atoms with Crippen LogP contribution in [0.5, 0.6) is 5.75 Å². The lowest BCUT2D eigenvalue weighted by atomic mass is 10.1. The molecule has 4 heteroatoms. The number of fused-ring (bicyclic) bond motifs is 3. The number of allylic oxidation sites excluding steroid dienone is 1. The molecular weight excluding hydrogens is 214 g/mol. The summed E-state index contributed by atoms with van der Waals surface area (Å²) in [4.78, 5) is 0. The van der Waals surface area contributed by atoms with Gasteiger partial charge in [-0.3, -0.25) is 4.57 Å². The van der Waals surface area contributed by atoms with Crippen LogP contribution in [0.1, 0.15) is 17.2 Å². The summed E-state index contributed by atoms with van der Waals surface area (Å²) in [5.74, 6) is 2.75. The first-order chi connectivity index (χ1) is 8.29. The smallest absolute Gasteiger partial charge is 0.141 e. The molecule has 0 radical (unpaired) electrons. The van der Waals surface area contributed by atoms with Crippen molar-refractivity contribution in [2.45, 2.75) is 13.3 Å². The Morgan fingerprint density at radius 1 is 1.29 bits per heavy atom. The van der Waals surface area contributed by atoms with Gasteiger partial charge in [-0.2, -0.15) is 0 Å². The molecule has 86 valence electrons. The average molecular weight is 227 g/mol. The van der Waals surface area contributed by atoms with Gasteiger partial charge in [-0.1, -0.05) is 12.2 Å². The molecule has 0 amide bonds. The first-order valence-electron chi connectivity index (χ1n) is 5.55. The van der Waals surface area contributed by atoms with Crippen LogP contribution in [-0.4, -0.2) is 21.9 Å². The molecule has 1 aromatic heterocycles. The fourth-order valence-electron chi connectivity index (χ4n) is 2.14. The Balaban J connectivity index is 2.27. The van der Waals surface area contributed by atoms with Gasteiger partial charge in [-0.25, -0.2) is 0 Å². The summed E-state index contributed by atoms with van der Waals surface area (Å²) in [5.41, 5.74) is 2.24. The molecule has 1 aliphatic rings. The van der Waals surface area contributed by atoms with E-state index < -0.39 is 0 Å². The van der Waals surface area contributed by atoms with Gasteiger partial charge in [0, 0.05) is 12.0 Å². The van der Waals surface area contributed by atoms with Crippen LogP contribution in [0.3, 0.4) is 0 Å². The number of benzene rings is 1. The Bertz CT molecular complexity index is 599. The molecule has 2 aromatic rings. The standard InChI is InChI=1S/C13H13N3O/c1-9-14-15-13-5-3-4-10-8-11(17-2)6-7-12(10)16(9)13/h3-4,6-8H,5H2,1-2H3. The van der Waals surface area contributed by atoms with E-state index in [9.17, 15) is 0 Å². The second-order valence-electron chi connectivity index (χ2n) is 4.03. The summed E-state index contributed by atoms with van der Waals surface area (Å²) < 4.78 is 7.34. The summed E-state index contributed by atoms with van der Waals surface area (Å²) >= 11 is 0. The number of rotatable bonds is 1. The third-order valence-corrected chi connectivity index (χ3v) is 2.97. The molecule has 0 saturated carbocycles. The molecule has 0 fully saturated rings. The lowest BCUT2D eigenvalue weighted by molar-refractivity contribution is 0.414. The van der Waals surface area contributed by atoms with Crippen molar-refractivity contribution >= 4 is 6.08 Å². The van der Waals surface area contributed by atoms with Crippen LogP contribution in [0.4, 0.5) is 0 Å². The summed E-state index contributed by atoms with van der Waals surface area (Å²) in [7, 11) is 1.68. The predicted octanol–water partition coefficient (Wildman–Crippen LogP) is 2.15. The maximum absolute atomic E-state index is 5.25. The summed E-state index contributed by atoms with van der Waals surface area (Å²) in [6.45, 7) is 1.97. The van der Waals surface area contributed by atoms with E-state index in [1.54, 1.807) is 7.11 Å². The Morgan fingerprint density at radius 3 is 3.00 bits per heavy atom. The van der Waals surface area contributed by atoms with Crippen LogP contribution >= 0.6 is 0 Å². The molecule has 0 bridgehead atoms. The Morgan fingerprint density at radius 2 is 2.18 bits per heavy atom. The van der Waals surface area contributed by atoms with Crippen LogP contribution < -0.4 is 4.74 Å². The van der Waals surface area contributed by atoms with Gasteiger partial charge in [-0.15, -0.1) is 10.2 Å². The minimum atomic E-state index is 0.803. The van der Waals surface area contributed by atoms with E-state index in [0.717, 1.165) is 35.1 Å². The van der Waals surface area contributed by atoms with Crippen molar-refractivity contribution in [3.63, 3.8) is 0 Å². The second-order valence-corrected chi connectivity index (χ2v) is 4.03. The zero-order valence-electron chi connectivity index (χ0n) is 9.84. The van der Waals surface area contributed by atoms with Gasteiger partial charge in [0.25, 0.3) is 0 Å². The molecule has 1 aliphatic heterocycles. The van der Waals surface area contributed by atoms with Crippen molar-refractivity contribution < 1.29 is 4.74 Å². The number of aromatic nitrogens is 3. The third kappa shape index (κ3) is 1.53. The van der Waals surface area contributed by atoms with Gasteiger partial charge >= 0.3 is 0 Å². The highest BCUT2D eigenvalue weighted by Gasteiger charge is 2.15. The lowest BCUT2D eigenvalue weighted by Gasteiger charge is -2.10. The van der Waals surface area contributed by atoms with Crippen molar-refractivity contribution in [1.82, 2.24) is 14.8 Å². The zero-order valence-corrected chi connectivity index (χ0v) is 9.84. The normalized spacial score (nSPS) is 12.8. The SMILES string of the molecule is COc1ccc2c(c1)C=CCc1nnc(C)n1-2. The van der Waals surface area contributed by atoms with Crippen LogP contribution in [0.25, 0.3) is 11.8 Å². The van der Waals surface area contributed by atoms with Crippen LogP contribution in [0.2, 0.25) is 0 Å². The fourth-order valence-corrected chi connectivity index (χ4v) is 2.14. The number of nitrogens with zero attached hydrogens (tertiary/aromatic N) is 3. The zero-order chi connectivity index (χ0) is 11.8. The van der Waals surface area contributed by atoms with E-state index in [1.165, 1.54) is 0 Å².